The second kappa shape index (κ2) is 19.2. The third-order valence-corrected chi connectivity index (χ3v) is 5.34. The molecule has 4 heteroatoms. The van der Waals surface area contributed by atoms with Crippen molar-refractivity contribution in [2.45, 2.75) is 103 Å². The van der Waals surface area contributed by atoms with Crippen LogP contribution >= 0.6 is 12.2 Å². The van der Waals surface area contributed by atoms with Gasteiger partial charge in [-0.05, 0) is 30.8 Å². The highest BCUT2D eigenvalue weighted by atomic mass is 32.1. The zero-order valence-electron chi connectivity index (χ0n) is 18.1. The summed E-state index contributed by atoms with van der Waals surface area (Å²) < 4.78 is 0. The first-order valence-electron chi connectivity index (χ1n) is 11.7. The van der Waals surface area contributed by atoms with E-state index in [0.717, 1.165) is 12.2 Å². The van der Waals surface area contributed by atoms with Crippen LogP contribution in [-0.2, 0) is 0 Å². The summed E-state index contributed by atoms with van der Waals surface area (Å²) in [6.07, 6.45) is 21.0. The van der Waals surface area contributed by atoms with Crippen LogP contribution in [0, 0.1) is 0 Å². The predicted octanol–water partition coefficient (Wildman–Crippen LogP) is 7.35. The number of anilines is 1. The van der Waals surface area contributed by atoms with Crippen molar-refractivity contribution in [1.82, 2.24) is 10.9 Å². The van der Waals surface area contributed by atoms with Gasteiger partial charge >= 0.3 is 0 Å². The van der Waals surface area contributed by atoms with Crippen LogP contribution in [0.1, 0.15) is 103 Å². The van der Waals surface area contributed by atoms with Crippen LogP contribution in [0.3, 0.4) is 0 Å². The standard InChI is InChI=1S/C24H43N3S/c1-2-3-4-5-6-7-8-9-10-11-12-13-14-15-19-22-25-27-24(28)26-23-20-17-16-18-21-23/h16-18,20-21,25H,2-15,19,22H2,1H3,(H2,26,27,28). The van der Waals surface area contributed by atoms with Crippen molar-refractivity contribution < 1.29 is 0 Å². The Morgan fingerprint density at radius 2 is 1.14 bits per heavy atom. The molecule has 160 valence electrons. The quantitative estimate of drug-likeness (QED) is 0.135. The molecule has 0 amide bonds. The lowest BCUT2D eigenvalue weighted by atomic mass is 10.0. The van der Waals surface area contributed by atoms with Gasteiger partial charge in [0.1, 0.15) is 0 Å². The van der Waals surface area contributed by atoms with Gasteiger partial charge in [0.25, 0.3) is 0 Å². The molecule has 1 aromatic carbocycles. The Bertz CT molecular complexity index is 464. The molecule has 0 unspecified atom stereocenters. The molecule has 0 aliphatic heterocycles. The van der Waals surface area contributed by atoms with Gasteiger partial charge in [-0.1, -0.05) is 115 Å². The lowest BCUT2D eigenvalue weighted by Crippen LogP contribution is -2.40. The molecule has 0 spiro atoms. The van der Waals surface area contributed by atoms with Gasteiger partial charge in [0.05, 0.1) is 0 Å². The Morgan fingerprint density at radius 3 is 1.64 bits per heavy atom. The van der Waals surface area contributed by atoms with Gasteiger partial charge in [0.2, 0.25) is 0 Å². The summed E-state index contributed by atoms with van der Waals surface area (Å²) >= 11 is 5.26. The Kier molecular flexibility index (Phi) is 17.1. The van der Waals surface area contributed by atoms with Crippen molar-refractivity contribution >= 4 is 23.0 Å². The molecule has 0 fully saturated rings. The molecule has 1 rings (SSSR count). The van der Waals surface area contributed by atoms with E-state index in [1.807, 2.05) is 30.3 Å². The Labute approximate surface area is 179 Å². The molecule has 0 heterocycles. The van der Waals surface area contributed by atoms with Gasteiger partial charge in [0.15, 0.2) is 5.11 Å². The molecule has 0 aliphatic rings. The SMILES string of the molecule is CCCCCCCCCCCCCCCCCNNC(=S)Nc1ccccc1. The van der Waals surface area contributed by atoms with Gasteiger partial charge in [-0.25, -0.2) is 5.43 Å². The number of rotatable bonds is 18. The summed E-state index contributed by atoms with van der Waals surface area (Å²) in [6.45, 7) is 3.24. The average Bonchev–Trinajstić information content (AvgIpc) is 2.71. The summed E-state index contributed by atoms with van der Waals surface area (Å²) in [5, 5.41) is 3.77. The number of hydrogen-bond donors (Lipinski definition) is 3. The first-order chi connectivity index (χ1) is 13.8. The summed E-state index contributed by atoms with van der Waals surface area (Å²) in [5.74, 6) is 0. The van der Waals surface area contributed by atoms with E-state index in [0.29, 0.717) is 5.11 Å². The first kappa shape index (κ1) is 24.9. The molecule has 0 aliphatic carbocycles. The molecule has 0 aromatic heterocycles. The number of benzene rings is 1. The van der Waals surface area contributed by atoms with Crippen molar-refractivity contribution in [3.05, 3.63) is 30.3 Å². The van der Waals surface area contributed by atoms with Crippen molar-refractivity contribution in [2.75, 3.05) is 11.9 Å². The Hall–Kier alpha value is -1.13. The fourth-order valence-electron chi connectivity index (χ4n) is 3.41. The average molecular weight is 406 g/mol. The number of unbranched alkanes of at least 4 members (excludes halogenated alkanes) is 14. The minimum absolute atomic E-state index is 0.618. The molecule has 0 saturated heterocycles. The maximum Gasteiger partial charge on any atom is 0.185 e. The zero-order valence-corrected chi connectivity index (χ0v) is 18.9. The minimum atomic E-state index is 0.618. The third kappa shape index (κ3) is 15.9. The van der Waals surface area contributed by atoms with E-state index in [-0.39, 0.29) is 0 Å². The minimum Gasteiger partial charge on any atom is -0.332 e. The van der Waals surface area contributed by atoms with Crippen LogP contribution in [0.25, 0.3) is 0 Å². The van der Waals surface area contributed by atoms with Crippen LogP contribution in [0.2, 0.25) is 0 Å². The lowest BCUT2D eigenvalue weighted by Gasteiger charge is -2.11. The van der Waals surface area contributed by atoms with Gasteiger partial charge < -0.3 is 5.32 Å². The first-order valence-corrected chi connectivity index (χ1v) is 12.1. The molecule has 1 aromatic rings. The molecule has 3 N–H and O–H groups in total. The molecular formula is C24H43N3S. The molecule has 0 atom stereocenters. The van der Waals surface area contributed by atoms with Crippen LogP contribution in [0.5, 0.6) is 0 Å². The van der Waals surface area contributed by atoms with Gasteiger partial charge in [-0.3, -0.25) is 5.43 Å². The number of hydrogen-bond acceptors (Lipinski definition) is 2. The van der Waals surface area contributed by atoms with E-state index < -0.39 is 0 Å². The van der Waals surface area contributed by atoms with Crippen LogP contribution in [-0.4, -0.2) is 11.7 Å². The normalized spacial score (nSPS) is 10.8. The maximum atomic E-state index is 5.26. The van der Waals surface area contributed by atoms with E-state index in [4.69, 9.17) is 12.2 Å². The highest BCUT2D eigenvalue weighted by molar-refractivity contribution is 7.80. The van der Waals surface area contributed by atoms with Gasteiger partial charge in [-0.15, -0.1) is 0 Å². The smallest absolute Gasteiger partial charge is 0.185 e. The van der Waals surface area contributed by atoms with Crippen LogP contribution in [0.4, 0.5) is 5.69 Å². The fraction of sp³-hybridized carbons (Fsp3) is 0.708. The van der Waals surface area contributed by atoms with E-state index in [1.165, 1.54) is 96.3 Å². The number of nitrogens with one attached hydrogen (secondary N) is 3. The predicted molar refractivity (Wildman–Crippen MR) is 129 cm³/mol. The molecular weight excluding hydrogens is 362 g/mol. The number of para-hydroxylation sites is 1. The molecule has 0 radical (unpaired) electrons. The van der Waals surface area contributed by atoms with E-state index in [9.17, 15) is 0 Å². The second-order valence-corrected chi connectivity index (χ2v) is 8.23. The Morgan fingerprint density at radius 1 is 0.679 bits per heavy atom. The highest BCUT2D eigenvalue weighted by Gasteiger charge is 1.96. The van der Waals surface area contributed by atoms with Crippen molar-refractivity contribution in [1.29, 1.82) is 0 Å². The summed E-state index contributed by atoms with van der Waals surface area (Å²) in [6, 6.07) is 9.99. The molecule has 0 bridgehead atoms. The van der Waals surface area contributed by atoms with Gasteiger partial charge in [-0.2, -0.15) is 0 Å². The largest absolute Gasteiger partial charge is 0.332 e. The second-order valence-electron chi connectivity index (χ2n) is 7.82. The summed E-state index contributed by atoms with van der Waals surface area (Å²) in [5.41, 5.74) is 7.26. The fourth-order valence-corrected chi connectivity index (χ4v) is 3.60. The van der Waals surface area contributed by atoms with Crippen molar-refractivity contribution in [2.24, 2.45) is 0 Å². The monoisotopic (exact) mass is 405 g/mol. The van der Waals surface area contributed by atoms with Crippen LogP contribution in [0.15, 0.2) is 30.3 Å². The van der Waals surface area contributed by atoms with E-state index in [2.05, 4.69) is 23.1 Å². The van der Waals surface area contributed by atoms with Gasteiger partial charge in [0, 0.05) is 12.2 Å². The number of thiocarbonyl (C=S) groups is 1. The van der Waals surface area contributed by atoms with Crippen molar-refractivity contribution in [3.63, 3.8) is 0 Å². The van der Waals surface area contributed by atoms with E-state index >= 15 is 0 Å². The highest BCUT2D eigenvalue weighted by Crippen LogP contribution is 2.13. The Balaban J connectivity index is 1.74. The van der Waals surface area contributed by atoms with E-state index in [1.54, 1.807) is 0 Å². The molecule has 3 nitrogen and oxygen atoms in total. The molecule has 0 saturated carbocycles. The topological polar surface area (TPSA) is 36.1 Å². The number of hydrazine groups is 1. The zero-order chi connectivity index (χ0) is 20.1. The summed E-state index contributed by atoms with van der Waals surface area (Å²) in [7, 11) is 0. The lowest BCUT2D eigenvalue weighted by molar-refractivity contribution is 0.524. The summed E-state index contributed by atoms with van der Waals surface area (Å²) in [4.78, 5) is 0. The maximum absolute atomic E-state index is 5.26. The van der Waals surface area contributed by atoms with Crippen molar-refractivity contribution in [3.8, 4) is 0 Å². The molecule has 28 heavy (non-hydrogen) atoms. The van der Waals surface area contributed by atoms with Crippen LogP contribution < -0.4 is 16.2 Å². The third-order valence-electron chi connectivity index (χ3n) is 5.14.